The summed E-state index contributed by atoms with van der Waals surface area (Å²) in [6.45, 7) is 3.36. The van der Waals surface area contributed by atoms with E-state index in [1.165, 1.54) is 19.6 Å². The highest BCUT2D eigenvalue weighted by Gasteiger charge is 2.21. The highest BCUT2D eigenvalue weighted by atomic mass is 16.5. The number of phenolic OH excluding ortho intramolecular Hbond substituents is 1. The fraction of sp³-hybridized carbons (Fsp3) is 0.214. The van der Waals surface area contributed by atoms with Crippen LogP contribution >= 0.6 is 0 Å². The SMILES string of the molecule is COC(=O)c1c(Oc2ccoc2)cc(C)c(O)c1C. The average Bonchev–Trinajstić information content (AvgIpc) is 2.88. The van der Waals surface area contributed by atoms with Crippen molar-refractivity contribution < 1.29 is 23.8 Å². The summed E-state index contributed by atoms with van der Waals surface area (Å²) >= 11 is 0. The molecule has 0 aliphatic rings. The summed E-state index contributed by atoms with van der Waals surface area (Å²) in [6.07, 6.45) is 2.88. The van der Waals surface area contributed by atoms with Gasteiger partial charge in [0, 0.05) is 11.6 Å². The van der Waals surface area contributed by atoms with Crippen molar-refractivity contribution in [1.82, 2.24) is 0 Å². The third kappa shape index (κ3) is 2.40. The van der Waals surface area contributed by atoms with Crippen LogP contribution in [0.5, 0.6) is 17.2 Å². The Bertz CT molecular complexity index is 599. The van der Waals surface area contributed by atoms with Crippen LogP contribution in [0.2, 0.25) is 0 Å². The summed E-state index contributed by atoms with van der Waals surface area (Å²) in [5, 5.41) is 9.90. The molecule has 1 aromatic carbocycles. The second-order valence-corrected chi connectivity index (χ2v) is 4.09. The van der Waals surface area contributed by atoms with Crippen molar-refractivity contribution in [3.8, 4) is 17.2 Å². The quantitative estimate of drug-likeness (QED) is 0.860. The van der Waals surface area contributed by atoms with E-state index in [1.54, 1.807) is 26.0 Å². The van der Waals surface area contributed by atoms with Crippen LogP contribution in [0.1, 0.15) is 21.5 Å². The topological polar surface area (TPSA) is 68.9 Å². The second kappa shape index (κ2) is 5.06. The van der Waals surface area contributed by atoms with Crippen LogP contribution in [-0.2, 0) is 4.74 Å². The van der Waals surface area contributed by atoms with Gasteiger partial charge in [-0.25, -0.2) is 4.79 Å². The molecule has 0 saturated carbocycles. The molecular weight excluding hydrogens is 248 g/mol. The Morgan fingerprint density at radius 3 is 2.68 bits per heavy atom. The summed E-state index contributed by atoms with van der Waals surface area (Å²) in [5.74, 6) is 0.280. The van der Waals surface area contributed by atoms with Crippen molar-refractivity contribution in [3.05, 3.63) is 41.3 Å². The third-order valence-corrected chi connectivity index (χ3v) is 2.81. The highest BCUT2D eigenvalue weighted by Crippen LogP contribution is 2.35. The predicted octanol–water partition coefficient (Wildman–Crippen LogP) is 3.18. The molecule has 19 heavy (non-hydrogen) atoms. The lowest BCUT2D eigenvalue weighted by molar-refractivity contribution is 0.0596. The van der Waals surface area contributed by atoms with Gasteiger partial charge in [-0.15, -0.1) is 0 Å². The zero-order chi connectivity index (χ0) is 14.0. The molecule has 0 spiro atoms. The standard InChI is InChI=1S/C14H14O5/c1-8-6-11(19-10-4-5-18-7-10)12(14(16)17-3)9(2)13(8)15/h4-7,15H,1-3H3. The Morgan fingerprint density at radius 1 is 1.37 bits per heavy atom. The lowest BCUT2D eigenvalue weighted by Gasteiger charge is -2.14. The van der Waals surface area contributed by atoms with Crippen molar-refractivity contribution in [2.75, 3.05) is 7.11 Å². The molecule has 0 atom stereocenters. The first-order valence-corrected chi connectivity index (χ1v) is 5.66. The molecule has 0 amide bonds. The number of esters is 1. The van der Waals surface area contributed by atoms with Gasteiger partial charge in [-0.3, -0.25) is 0 Å². The smallest absolute Gasteiger partial charge is 0.342 e. The molecule has 0 aliphatic heterocycles. The molecule has 1 N–H and O–H groups in total. The van der Waals surface area contributed by atoms with Crippen molar-refractivity contribution in [2.24, 2.45) is 0 Å². The molecule has 5 heteroatoms. The van der Waals surface area contributed by atoms with E-state index in [1.807, 2.05) is 0 Å². The normalized spacial score (nSPS) is 10.3. The zero-order valence-electron chi connectivity index (χ0n) is 10.9. The number of methoxy groups -OCH3 is 1. The average molecular weight is 262 g/mol. The Kier molecular flexibility index (Phi) is 3.46. The van der Waals surface area contributed by atoms with E-state index in [0.717, 1.165) is 0 Å². The number of ether oxygens (including phenoxy) is 2. The summed E-state index contributed by atoms with van der Waals surface area (Å²) in [7, 11) is 1.28. The third-order valence-electron chi connectivity index (χ3n) is 2.81. The van der Waals surface area contributed by atoms with Gasteiger partial charge in [0.15, 0.2) is 5.75 Å². The highest BCUT2D eigenvalue weighted by molar-refractivity contribution is 5.95. The van der Waals surface area contributed by atoms with Gasteiger partial charge in [-0.05, 0) is 25.5 Å². The fourth-order valence-corrected chi connectivity index (χ4v) is 1.81. The summed E-state index contributed by atoms with van der Waals surface area (Å²) in [5.41, 5.74) is 1.24. The van der Waals surface area contributed by atoms with E-state index in [9.17, 15) is 9.90 Å². The van der Waals surface area contributed by atoms with Crippen LogP contribution in [-0.4, -0.2) is 18.2 Å². The van der Waals surface area contributed by atoms with Gasteiger partial charge in [0.05, 0.1) is 13.4 Å². The van der Waals surface area contributed by atoms with Gasteiger partial charge < -0.3 is 19.0 Å². The summed E-state index contributed by atoms with van der Waals surface area (Å²) in [6, 6.07) is 3.21. The van der Waals surface area contributed by atoms with Gasteiger partial charge in [0.1, 0.15) is 23.3 Å². The van der Waals surface area contributed by atoms with E-state index < -0.39 is 5.97 Å². The predicted molar refractivity (Wildman–Crippen MR) is 67.7 cm³/mol. The van der Waals surface area contributed by atoms with E-state index >= 15 is 0 Å². The van der Waals surface area contributed by atoms with E-state index in [2.05, 4.69) is 0 Å². The van der Waals surface area contributed by atoms with Crippen molar-refractivity contribution in [3.63, 3.8) is 0 Å². The molecule has 0 radical (unpaired) electrons. The molecule has 0 aliphatic carbocycles. The number of hydrogen-bond acceptors (Lipinski definition) is 5. The van der Waals surface area contributed by atoms with Crippen molar-refractivity contribution >= 4 is 5.97 Å². The van der Waals surface area contributed by atoms with E-state index in [-0.39, 0.29) is 11.3 Å². The summed E-state index contributed by atoms with van der Waals surface area (Å²) < 4.78 is 15.2. The first kappa shape index (κ1) is 13.0. The molecule has 1 aromatic heterocycles. The lowest BCUT2D eigenvalue weighted by atomic mass is 10.0. The van der Waals surface area contributed by atoms with Gasteiger partial charge in [-0.2, -0.15) is 0 Å². The Labute approximate surface area is 110 Å². The van der Waals surface area contributed by atoms with Gasteiger partial charge in [0.25, 0.3) is 0 Å². The number of furan rings is 1. The zero-order valence-corrected chi connectivity index (χ0v) is 10.9. The molecule has 0 unspecified atom stereocenters. The Balaban J connectivity index is 2.54. The van der Waals surface area contributed by atoms with Gasteiger partial charge >= 0.3 is 5.97 Å². The summed E-state index contributed by atoms with van der Waals surface area (Å²) in [4.78, 5) is 11.8. The van der Waals surface area contributed by atoms with E-state index in [4.69, 9.17) is 13.9 Å². The molecule has 2 aromatic rings. The second-order valence-electron chi connectivity index (χ2n) is 4.09. The molecule has 100 valence electrons. The van der Waals surface area contributed by atoms with Crippen LogP contribution in [0.25, 0.3) is 0 Å². The molecule has 2 rings (SSSR count). The molecule has 1 heterocycles. The maximum absolute atomic E-state index is 11.8. The van der Waals surface area contributed by atoms with Gasteiger partial charge in [0.2, 0.25) is 0 Å². The van der Waals surface area contributed by atoms with Crippen molar-refractivity contribution in [2.45, 2.75) is 13.8 Å². The van der Waals surface area contributed by atoms with E-state index in [0.29, 0.717) is 22.6 Å². The van der Waals surface area contributed by atoms with Crippen LogP contribution in [0.15, 0.2) is 29.1 Å². The molecular formula is C14H14O5. The van der Waals surface area contributed by atoms with Crippen LogP contribution < -0.4 is 4.74 Å². The van der Waals surface area contributed by atoms with Crippen molar-refractivity contribution in [1.29, 1.82) is 0 Å². The van der Waals surface area contributed by atoms with Crippen LogP contribution in [0.4, 0.5) is 0 Å². The molecule has 0 bridgehead atoms. The number of carbonyl (C=O) groups is 1. The minimum atomic E-state index is -0.564. The maximum Gasteiger partial charge on any atom is 0.342 e. The molecule has 5 nitrogen and oxygen atoms in total. The minimum absolute atomic E-state index is 0.0555. The Hall–Kier alpha value is -2.43. The lowest BCUT2D eigenvalue weighted by Crippen LogP contribution is -2.07. The van der Waals surface area contributed by atoms with Crippen LogP contribution in [0, 0.1) is 13.8 Å². The fourth-order valence-electron chi connectivity index (χ4n) is 1.81. The number of rotatable bonds is 3. The van der Waals surface area contributed by atoms with Crippen LogP contribution in [0.3, 0.4) is 0 Å². The maximum atomic E-state index is 11.8. The monoisotopic (exact) mass is 262 g/mol. The first-order chi connectivity index (χ1) is 9.04. The number of aryl methyl sites for hydroxylation is 1. The number of phenols is 1. The largest absolute Gasteiger partial charge is 0.507 e. The Morgan fingerprint density at radius 2 is 2.11 bits per heavy atom. The number of aromatic hydroxyl groups is 1. The minimum Gasteiger partial charge on any atom is -0.507 e. The van der Waals surface area contributed by atoms with Gasteiger partial charge in [-0.1, -0.05) is 0 Å². The number of benzene rings is 1. The molecule has 0 fully saturated rings. The molecule has 0 saturated heterocycles. The number of carbonyl (C=O) groups excluding carboxylic acids is 1. The number of hydrogen-bond donors (Lipinski definition) is 1. The first-order valence-electron chi connectivity index (χ1n) is 5.66.